The molecule has 6 nitrogen and oxygen atoms in total. The molecule has 0 radical (unpaired) electrons. The maximum absolute atomic E-state index is 12.2. The van der Waals surface area contributed by atoms with E-state index in [2.05, 4.69) is 15.9 Å². The van der Waals surface area contributed by atoms with E-state index in [4.69, 9.17) is 4.74 Å². The Labute approximate surface area is 135 Å². The first kappa shape index (κ1) is 17.3. The van der Waals surface area contributed by atoms with Crippen LogP contribution in [0.2, 0.25) is 0 Å². The van der Waals surface area contributed by atoms with Crippen molar-refractivity contribution >= 4 is 37.1 Å². The van der Waals surface area contributed by atoms with Crippen molar-refractivity contribution < 1.29 is 28.5 Å². The maximum Gasteiger partial charge on any atom is 0.187 e. The third-order valence-electron chi connectivity index (χ3n) is 3.48. The minimum absolute atomic E-state index is 0.0487. The van der Waals surface area contributed by atoms with Crippen LogP contribution in [-0.4, -0.2) is 60.0 Å². The number of rotatable bonds is 4. The first-order chi connectivity index (χ1) is 9.72. The summed E-state index contributed by atoms with van der Waals surface area (Å²) in [4.78, 5) is 0. The smallest absolute Gasteiger partial charge is 0.187 e. The van der Waals surface area contributed by atoms with Crippen molar-refractivity contribution in [2.24, 2.45) is 0 Å². The highest BCUT2D eigenvalue weighted by atomic mass is 79.9. The molecule has 120 valence electrons. The summed E-state index contributed by atoms with van der Waals surface area (Å²) in [7, 11) is -3.46. The summed E-state index contributed by atoms with van der Waals surface area (Å²) < 4.78 is 30.7. The van der Waals surface area contributed by atoms with Crippen molar-refractivity contribution in [1.82, 2.24) is 0 Å². The highest BCUT2D eigenvalue weighted by molar-refractivity contribution is 9.11. The van der Waals surface area contributed by atoms with Gasteiger partial charge in [0.1, 0.15) is 22.5 Å². The number of sulfone groups is 1. The normalized spacial score (nSPS) is 34.0. The van der Waals surface area contributed by atoms with E-state index in [0.717, 1.165) is 15.1 Å². The van der Waals surface area contributed by atoms with Gasteiger partial charge < -0.3 is 20.1 Å². The van der Waals surface area contributed by atoms with Crippen LogP contribution in [0.5, 0.6) is 0 Å². The lowest BCUT2D eigenvalue weighted by Crippen LogP contribution is -2.56. The summed E-state index contributed by atoms with van der Waals surface area (Å²) in [5.74, 6) is -0.197. The molecule has 1 aromatic rings. The van der Waals surface area contributed by atoms with Crippen molar-refractivity contribution in [3.63, 3.8) is 0 Å². The van der Waals surface area contributed by atoms with Gasteiger partial charge in [-0.1, -0.05) is 0 Å². The van der Waals surface area contributed by atoms with Gasteiger partial charge in [-0.15, -0.1) is 11.3 Å². The third kappa shape index (κ3) is 3.84. The molecule has 0 amide bonds. The Balaban J connectivity index is 2.02. The van der Waals surface area contributed by atoms with Crippen molar-refractivity contribution in [2.75, 3.05) is 5.75 Å². The van der Waals surface area contributed by atoms with E-state index in [0.29, 0.717) is 0 Å². The molecule has 9 heteroatoms. The lowest BCUT2D eigenvalue weighted by Gasteiger charge is -2.39. The minimum atomic E-state index is -3.46. The average Bonchev–Trinajstić information content (AvgIpc) is 2.86. The molecule has 1 saturated heterocycles. The highest BCUT2D eigenvalue weighted by Gasteiger charge is 2.41. The Morgan fingerprint density at radius 2 is 1.90 bits per heavy atom. The fourth-order valence-electron chi connectivity index (χ4n) is 2.21. The van der Waals surface area contributed by atoms with E-state index in [1.807, 2.05) is 0 Å². The van der Waals surface area contributed by atoms with Crippen LogP contribution >= 0.6 is 27.3 Å². The number of hydrogen-bond acceptors (Lipinski definition) is 7. The van der Waals surface area contributed by atoms with Crippen molar-refractivity contribution in [3.8, 4) is 0 Å². The summed E-state index contributed by atoms with van der Waals surface area (Å²) in [5, 5.41) is 29.2. The fraction of sp³-hybridized carbons (Fsp3) is 0.667. The molecular formula is C12H17BrO6S2. The molecule has 1 aliphatic heterocycles. The van der Waals surface area contributed by atoms with Crippen LogP contribution in [-0.2, 0) is 14.6 Å². The van der Waals surface area contributed by atoms with Gasteiger partial charge in [-0.25, -0.2) is 8.42 Å². The first-order valence-corrected chi connectivity index (χ1v) is 9.66. The van der Waals surface area contributed by atoms with Gasteiger partial charge in [0.25, 0.3) is 0 Å². The van der Waals surface area contributed by atoms with Gasteiger partial charge in [0, 0.05) is 0 Å². The SMILES string of the molecule is CC1O[C@H](CCS(=O)(=O)c2ccc(Br)s2)C(O)[C@@H](O)[C@@H]1O. The van der Waals surface area contributed by atoms with Crippen LogP contribution in [0.1, 0.15) is 13.3 Å². The molecule has 0 aromatic carbocycles. The Morgan fingerprint density at radius 1 is 1.24 bits per heavy atom. The second kappa shape index (κ2) is 6.61. The number of thiophene rings is 1. The second-order valence-corrected chi connectivity index (χ2v) is 9.82. The molecule has 0 bridgehead atoms. The highest BCUT2D eigenvalue weighted by Crippen LogP contribution is 2.29. The summed E-state index contributed by atoms with van der Waals surface area (Å²) >= 11 is 4.33. The quantitative estimate of drug-likeness (QED) is 0.681. The predicted molar refractivity (Wildman–Crippen MR) is 81.0 cm³/mol. The zero-order valence-corrected chi connectivity index (χ0v) is 14.4. The molecule has 1 aromatic heterocycles. The van der Waals surface area contributed by atoms with Crippen molar-refractivity contribution in [1.29, 1.82) is 0 Å². The summed E-state index contributed by atoms with van der Waals surface area (Å²) in [6.45, 7) is 1.57. The fourth-order valence-corrected chi connectivity index (χ4v) is 5.70. The average molecular weight is 401 g/mol. The molecule has 21 heavy (non-hydrogen) atoms. The molecule has 5 atom stereocenters. The summed E-state index contributed by atoms with van der Waals surface area (Å²) in [5.41, 5.74) is 0. The largest absolute Gasteiger partial charge is 0.388 e. The van der Waals surface area contributed by atoms with E-state index in [1.54, 1.807) is 13.0 Å². The van der Waals surface area contributed by atoms with E-state index in [-0.39, 0.29) is 16.4 Å². The van der Waals surface area contributed by atoms with Crippen molar-refractivity contribution in [3.05, 3.63) is 15.9 Å². The van der Waals surface area contributed by atoms with Gasteiger partial charge >= 0.3 is 0 Å². The molecule has 0 spiro atoms. The zero-order valence-electron chi connectivity index (χ0n) is 11.2. The second-order valence-electron chi connectivity index (χ2n) is 5.02. The lowest BCUT2D eigenvalue weighted by atomic mass is 9.94. The monoisotopic (exact) mass is 400 g/mol. The number of hydrogen-bond donors (Lipinski definition) is 3. The molecule has 0 aliphatic carbocycles. The van der Waals surface area contributed by atoms with Crippen LogP contribution < -0.4 is 0 Å². The molecule has 1 fully saturated rings. The van der Waals surface area contributed by atoms with Gasteiger partial charge in [0.2, 0.25) is 0 Å². The Kier molecular flexibility index (Phi) is 5.45. The van der Waals surface area contributed by atoms with Crippen LogP contribution in [0.3, 0.4) is 0 Å². The van der Waals surface area contributed by atoms with Crippen LogP contribution in [0.25, 0.3) is 0 Å². The Morgan fingerprint density at radius 3 is 2.48 bits per heavy atom. The Bertz CT molecular complexity index is 586. The van der Waals surface area contributed by atoms with Gasteiger partial charge in [-0.3, -0.25) is 0 Å². The van der Waals surface area contributed by atoms with E-state index < -0.39 is 40.4 Å². The molecule has 2 heterocycles. The van der Waals surface area contributed by atoms with Gasteiger partial charge in [-0.05, 0) is 41.4 Å². The number of aliphatic hydroxyl groups is 3. The third-order valence-corrected chi connectivity index (χ3v) is 7.43. The molecule has 2 rings (SSSR count). The van der Waals surface area contributed by atoms with Gasteiger partial charge in [0.05, 0.1) is 21.7 Å². The Hall–Kier alpha value is -0.0300. The number of aliphatic hydroxyl groups excluding tert-OH is 3. The number of ether oxygens (including phenoxy) is 1. The molecule has 1 aliphatic rings. The van der Waals surface area contributed by atoms with Gasteiger partial charge in [0.15, 0.2) is 9.84 Å². The lowest BCUT2D eigenvalue weighted by molar-refractivity contribution is -0.217. The molecule has 0 saturated carbocycles. The van der Waals surface area contributed by atoms with Gasteiger partial charge in [-0.2, -0.15) is 0 Å². The predicted octanol–water partition coefficient (Wildman–Crippen LogP) is 0.544. The van der Waals surface area contributed by atoms with Crippen LogP contribution in [0.15, 0.2) is 20.1 Å². The zero-order chi connectivity index (χ0) is 15.8. The number of halogens is 1. The summed E-state index contributed by atoms with van der Waals surface area (Å²) in [6, 6.07) is 3.18. The minimum Gasteiger partial charge on any atom is -0.388 e. The topological polar surface area (TPSA) is 104 Å². The maximum atomic E-state index is 12.2. The molecular weight excluding hydrogens is 384 g/mol. The van der Waals surface area contributed by atoms with E-state index in [9.17, 15) is 23.7 Å². The van der Waals surface area contributed by atoms with Crippen LogP contribution in [0, 0.1) is 0 Å². The van der Waals surface area contributed by atoms with Crippen molar-refractivity contribution in [2.45, 2.75) is 48.1 Å². The first-order valence-electron chi connectivity index (χ1n) is 6.40. The molecule has 2 unspecified atom stereocenters. The standard InChI is InChI=1S/C12H17BrO6S2/c1-6-10(14)12(16)11(15)7(19-6)4-5-21(17,18)9-3-2-8(13)20-9/h2-3,6-7,10-12,14-16H,4-5H2,1H3/t6?,7-,10-,11?,12+/m1/s1. The summed E-state index contributed by atoms with van der Waals surface area (Å²) in [6.07, 6.45) is -5.25. The molecule has 3 N–H and O–H groups in total. The van der Waals surface area contributed by atoms with E-state index in [1.165, 1.54) is 6.07 Å². The van der Waals surface area contributed by atoms with Crippen LogP contribution in [0.4, 0.5) is 0 Å². The van der Waals surface area contributed by atoms with E-state index >= 15 is 0 Å².